The molecule has 2 amide bonds. The number of hydrogen-bond acceptors (Lipinski definition) is 9. The number of ether oxygens (including phenoxy) is 2. The number of nitrogen functional groups attached to an aromatic ring is 1. The van der Waals surface area contributed by atoms with Gasteiger partial charge in [-0.1, -0.05) is 11.6 Å². The fourth-order valence-corrected chi connectivity index (χ4v) is 5.18. The summed E-state index contributed by atoms with van der Waals surface area (Å²) in [6.45, 7) is 8.30. The molecule has 0 aromatic carbocycles. The van der Waals surface area contributed by atoms with Crippen molar-refractivity contribution in [1.82, 2.24) is 30.2 Å². The minimum Gasteiger partial charge on any atom is -0.496 e. The number of fused-ring (bicyclic) bond motifs is 1. The lowest BCUT2D eigenvalue weighted by Gasteiger charge is -2.26. The number of H-pyrrole nitrogens is 1. The van der Waals surface area contributed by atoms with Crippen LogP contribution in [0.5, 0.6) is 5.75 Å². The van der Waals surface area contributed by atoms with Gasteiger partial charge in [0.1, 0.15) is 16.6 Å². The number of amides is 2. The molecule has 40 heavy (non-hydrogen) atoms. The Bertz CT molecular complexity index is 1480. The number of morpholine rings is 1. The van der Waals surface area contributed by atoms with Crippen LogP contribution in [0.2, 0.25) is 5.15 Å². The molecule has 210 valence electrons. The second kappa shape index (κ2) is 11.6. The van der Waals surface area contributed by atoms with E-state index in [2.05, 4.69) is 30.2 Å². The molecule has 0 unspecified atom stereocenters. The number of carbonyl (C=O) groups excluding carboxylic acids is 2. The second-order valence-electron chi connectivity index (χ2n) is 9.60. The Morgan fingerprint density at radius 1 is 1.27 bits per heavy atom. The lowest BCUT2D eigenvalue weighted by atomic mass is 10.1. The highest BCUT2D eigenvalue weighted by molar-refractivity contribution is 6.41. The average Bonchev–Trinajstić information content (AvgIpc) is 3.50. The van der Waals surface area contributed by atoms with E-state index in [0.717, 1.165) is 30.8 Å². The molecule has 13 heteroatoms. The zero-order valence-electron chi connectivity index (χ0n) is 22.6. The molecular weight excluding hydrogens is 536 g/mol. The van der Waals surface area contributed by atoms with Gasteiger partial charge in [-0.15, -0.1) is 0 Å². The van der Waals surface area contributed by atoms with Crippen LogP contribution in [0.3, 0.4) is 0 Å². The van der Waals surface area contributed by atoms with Crippen molar-refractivity contribution in [2.24, 2.45) is 0 Å². The zero-order chi connectivity index (χ0) is 28.4. The highest BCUT2D eigenvalue weighted by atomic mass is 35.5. The first-order valence-electron chi connectivity index (χ1n) is 12.9. The molecule has 2 aliphatic rings. The molecule has 1 fully saturated rings. The zero-order valence-corrected chi connectivity index (χ0v) is 23.3. The third kappa shape index (κ3) is 5.51. The molecule has 0 aliphatic carbocycles. The summed E-state index contributed by atoms with van der Waals surface area (Å²) in [5.74, 6) is 0.368. The van der Waals surface area contributed by atoms with E-state index in [1.165, 1.54) is 4.90 Å². The van der Waals surface area contributed by atoms with Gasteiger partial charge >= 0.3 is 0 Å². The van der Waals surface area contributed by atoms with Crippen molar-refractivity contribution in [2.75, 3.05) is 57.1 Å². The fourth-order valence-electron chi connectivity index (χ4n) is 4.91. The molecule has 4 N–H and O–H groups in total. The predicted molar refractivity (Wildman–Crippen MR) is 151 cm³/mol. The Balaban J connectivity index is 1.38. The standard InChI is InChI=1S/C27H31ClN8O4/c1-15-13-31-20(16(2)22(15)39-3)14-36-24-21(23(28)33-27(29)34-24)18(26(36)38)12-17-4-5-19(32-17)25(37)30-6-7-35-8-10-40-11-9-35/h4-5,12-13,32H,6-11,14H2,1-3H3,(H,30,37)(H2,29,33,34)/b18-12+. The molecule has 5 heterocycles. The van der Waals surface area contributed by atoms with E-state index in [9.17, 15) is 9.59 Å². The van der Waals surface area contributed by atoms with E-state index < -0.39 is 0 Å². The van der Waals surface area contributed by atoms with Crippen LogP contribution in [-0.4, -0.2) is 83.2 Å². The van der Waals surface area contributed by atoms with Crippen molar-refractivity contribution in [3.8, 4) is 5.75 Å². The first-order chi connectivity index (χ1) is 19.3. The Kier molecular flexibility index (Phi) is 8.01. The highest BCUT2D eigenvalue weighted by Crippen LogP contribution is 2.41. The van der Waals surface area contributed by atoms with Crippen molar-refractivity contribution in [1.29, 1.82) is 0 Å². The summed E-state index contributed by atoms with van der Waals surface area (Å²) in [6.07, 6.45) is 3.33. The van der Waals surface area contributed by atoms with Crippen LogP contribution in [0.4, 0.5) is 11.8 Å². The number of methoxy groups -OCH3 is 1. The van der Waals surface area contributed by atoms with Gasteiger partial charge in [0.25, 0.3) is 11.8 Å². The summed E-state index contributed by atoms with van der Waals surface area (Å²) >= 11 is 6.47. The minimum atomic E-state index is -0.344. The normalized spacial score (nSPS) is 16.4. The van der Waals surface area contributed by atoms with Gasteiger partial charge in [0.2, 0.25) is 5.95 Å². The summed E-state index contributed by atoms with van der Waals surface area (Å²) in [6, 6.07) is 3.39. The van der Waals surface area contributed by atoms with Gasteiger partial charge in [0, 0.05) is 49.2 Å². The molecular formula is C27H31ClN8O4. The van der Waals surface area contributed by atoms with Crippen LogP contribution in [0.1, 0.15) is 38.6 Å². The molecule has 2 aliphatic heterocycles. The molecule has 0 atom stereocenters. The van der Waals surface area contributed by atoms with Gasteiger partial charge in [0.05, 0.1) is 43.7 Å². The van der Waals surface area contributed by atoms with Crippen LogP contribution in [-0.2, 0) is 16.1 Å². The third-order valence-corrected chi connectivity index (χ3v) is 7.27. The first kappa shape index (κ1) is 27.6. The van der Waals surface area contributed by atoms with Crippen LogP contribution < -0.4 is 20.7 Å². The number of halogens is 1. The van der Waals surface area contributed by atoms with Crippen LogP contribution in [0.25, 0.3) is 11.6 Å². The maximum absolute atomic E-state index is 13.7. The third-order valence-electron chi connectivity index (χ3n) is 6.99. The molecule has 1 saturated heterocycles. The summed E-state index contributed by atoms with van der Waals surface area (Å²) < 4.78 is 10.9. The summed E-state index contributed by atoms with van der Waals surface area (Å²) in [4.78, 5) is 46.1. The van der Waals surface area contributed by atoms with E-state index in [4.69, 9.17) is 26.8 Å². The monoisotopic (exact) mass is 566 g/mol. The van der Waals surface area contributed by atoms with E-state index in [-0.39, 0.29) is 35.0 Å². The molecule has 12 nitrogen and oxygen atoms in total. The number of rotatable bonds is 8. The SMILES string of the molecule is COc1c(C)cnc(CN2C(=O)/C(=C/c3ccc(C(=O)NCCN4CCOCC4)[nH]3)c3c(Cl)nc(N)nc32)c1C. The number of carbonyl (C=O) groups is 2. The number of hydrogen-bond donors (Lipinski definition) is 3. The molecule has 3 aromatic rings. The Labute approximate surface area is 236 Å². The minimum absolute atomic E-state index is 0.0510. The number of nitrogens with zero attached hydrogens (tertiary/aromatic N) is 5. The second-order valence-corrected chi connectivity index (χ2v) is 9.96. The molecule has 0 bridgehead atoms. The van der Waals surface area contributed by atoms with Gasteiger partial charge in [-0.05, 0) is 32.1 Å². The molecule has 0 spiro atoms. The Morgan fingerprint density at radius 3 is 2.80 bits per heavy atom. The predicted octanol–water partition coefficient (Wildman–Crippen LogP) is 2.21. The molecule has 3 aromatic heterocycles. The van der Waals surface area contributed by atoms with E-state index in [1.54, 1.807) is 31.5 Å². The fraction of sp³-hybridized carbons (Fsp3) is 0.370. The molecule has 0 saturated carbocycles. The number of nitrogens with one attached hydrogen (secondary N) is 2. The average molecular weight is 567 g/mol. The number of aromatic nitrogens is 4. The van der Waals surface area contributed by atoms with Crippen LogP contribution in [0.15, 0.2) is 18.3 Å². The van der Waals surface area contributed by atoms with Crippen LogP contribution in [0, 0.1) is 13.8 Å². The van der Waals surface area contributed by atoms with Crippen molar-refractivity contribution in [3.63, 3.8) is 0 Å². The summed E-state index contributed by atoms with van der Waals surface area (Å²) in [7, 11) is 1.60. The van der Waals surface area contributed by atoms with Crippen molar-refractivity contribution in [3.05, 3.63) is 57.3 Å². The number of aryl methyl sites for hydroxylation is 1. The van der Waals surface area contributed by atoms with E-state index in [1.807, 2.05) is 13.8 Å². The van der Waals surface area contributed by atoms with Gasteiger partial charge in [-0.25, -0.2) is 4.98 Å². The lowest BCUT2D eigenvalue weighted by molar-refractivity contribution is -0.113. The number of pyridine rings is 1. The largest absolute Gasteiger partial charge is 0.496 e. The highest BCUT2D eigenvalue weighted by Gasteiger charge is 2.37. The smallest absolute Gasteiger partial charge is 0.267 e. The van der Waals surface area contributed by atoms with E-state index in [0.29, 0.717) is 54.0 Å². The van der Waals surface area contributed by atoms with Gasteiger partial charge < -0.3 is 25.5 Å². The molecule has 0 radical (unpaired) electrons. The lowest BCUT2D eigenvalue weighted by Crippen LogP contribution is -2.41. The Hall–Kier alpha value is -4.00. The van der Waals surface area contributed by atoms with Gasteiger partial charge in [-0.2, -0.15) is 4.98 Å². The number of nitrogens with two attached hydrogens (primary N) is 1. The van der Waals surface area contributed by atoms with Gasteiger partial charge in [0.15, 0.2) is 5.82 Å². The maximum atomic E-state index is 13.7. The van der Waals surface area contributed by atoms with Gasteiger partial charge in [-0.3, -0.25) is 24.4 Å². The topological polar surface area (TPSA) is 152 Å². The van der Waals surface area contributed by atoms with Crippen LogP contribution >= 0.6 is 11.6 Å². The number of anilines is 2. The summed E-state index contributed by atoms with van der Waals surface area (Å²) in [5, 5.41) is 2.98. The van der Waals surface area contributed by atoms with Crippen molar-refractivity contribution >= 4 is 46.8 Å². The quantitative estimate of drug-likeness (QED) is 0.275. The summed E-state index contributed by atoms with van der Waals surface area (Å²) in [5.41, 5.74) is 9.81. The molecule has 5 rings (SSSR count). The van der Waals surface area contributed by atoms with Crippen molar-refractivity contribution < 1.29 is 19.1 Å². The maximum Gasteiger partial charge on any atom is 0.267 e. The van der Waals surface area contributed by atoms with Crippen molar-refractivity contribution in [2.45, 2.75) is 20.4 Å². The van der Waals surface area contributed by atoms with E-state index >= 15 is 0 Å². The first-order valence-corrected chi connectivity index (χ1v) is 13.3. The number of aromatic amines is 1. The Morgan fingerprint density at radius 2 is 2.05 bits per heavy atom.